The molecule has 0 unspecified atom stereocenters. The molecule has 0 saturated carbocycles. The molecule has 2 aromatic rings. The van der Waals surface area contributed by atoms with Crippen molar-refractivity contribution in [2.75, 3.05) is 23.7 Å². The van der Waals surface area contributed by atoms with Crippen molar-refractivity contribution >= 4 is 22.7 Å². The largest absolute Gasteiger partial charge is 0.369 e. The molecule has 0 aliphatic rings. The van der Waals surface area contributed by atoms with Crippen LogP contribution >= 0.6 is 0 Å². The summed E-state index contributed by atoms with van der Waals surface area (Å²) < 4.78 is 0. The van der Waals surface area contributed by atoms with Crippen molar-refractivity contribution in [1.29, 1.82) is 0 Å². The lowest BCUT2D eigenvalue weighted by atomic mass is 10.2. The minimum absolute atomic E-state index is 0.708. The zero-order chi connectivity index (χ0) is 13.5. The van der Waals surface area contributed by atoms with E-state index < -0.39 is 0 Å². The Kier molecular flexibility index (Phi) is 4.95. The number of rotatable bonds is 7. The molecule has 19 heavy (non-hydrogen) atoms. The predicted molar refractivity (Wildman–Crippen MR) is 81.7 cm³/mol. The third kappa shape index (κ3) is 3.56. The molecule has 0 bridgehead atoms. The van der Waals surface area contributed by atoms with Crippen LogP contribution in [0.5, 0.6) is 0 Å². The molecule has 2 N–H and O–H groups in total. The Morgan fingerprint density at radius 1 is 0.947 bits per heavy atom. The van der Waals surface area contributed by atoms with Crippen molar-refractivity contribution in [2.24, 2.45) is 0 Å². The number of nitrogens with zero attached hydrogens (tertiary/aromatic N) is 2. The number of hydrogen-bond acceptors (Lipinski definition) is 4. The van der Waals surface area contributed by atoms with Gasteiger partial charge in [0, 0.05) is 18.5 Å². The van der Waals surface area contributed by atoms with Gasteiger partial charge in [-0.05, 0) is 25.0 Å². The molecule has 0 atom stereocenters. The van der Waals surface area contributed by atoms with Gasteiger partial charge in [0.2, 0.25) is 5.95 Å². The standard InChI is InChI=1S/C15H22N4/c1-3-5-11-16-14-12-8-6-7-9-13(12)18-15(19-14)17-10-4-2/h6-9H,3-5,10-11H2,1-2H3,(H2,16,17,18,19). The second-order valence-corrected chi connectivity index (χ2v) is 4.62. The van der Waals surface area contributed by atoms with Gasteiger partial charge in [-0.15, -0.1) is 0 Å². The van der Waals surface area contributed by atoms with Crippen LogP contribution in [0.3, 0.4) is 0 Å². The molecule has 1 aromatic carbocycles. The first-order valence-electron chi connectivity index (χ1n) is 7.09. The second kappa shape index (κ2) is 6.92. The number of aromatic nitrogens is 2. The summed E-state index contributed by atoms with van der Waals surface area (Å²) in [7, 11) is 0. The number of benzene rings is 1. The summed E-state index contributed by atoms with van der Waals surface area (Å²) in [5, 5.41) is 7.75. The van der Waals surface area contributed by atoms with E-state index in [-0.39, 0.29) is 0 Å². The third-order valence-corrected chi connectivity index (χ3v) is 2.96. The van der Waals surface area contributed by atoms with Gasteiger partial charge < -0.3 is 10.6 Å². The van der Waals surface area contributed by atoms with Crippen molar-refractivity contribution in [3.8, 4) is 0 Å². The Labute approximate surface area is 114 Å². The Morgan fingerprint density at radius 2 is 1.79 bits per heavy atom. The van der Waals surface area contributed by atoms with Crippen LogP contribution in [0.2, 0.25) is 0 Å². The van der Waals surface area contributed by atoms with Gasteiger partial charge in [0.15, 0.2) is 0 Å². The summed E-state index contributed by atoms with van der Waals surface area (Å²) in [5.74, 6) is 1.64. The molecule has 0 amide bonds. The molecule has 0 aliphatic carbocycles. The van der Waals surface area contributed by atoms with Crippen LogP contribution in [0.1, 0.15) is 33.1 Å². The highest BCUT2D eigenvalue weighted by atomic mass is 15.1. The highest BCUT2D eigenvalue weighted by Crippen LogP contribution is 2.21. The van der Waals surface area contributed by atoms with E-state index in [4.69, 9.17) is 0 Å². The molecule has 0 spiro atoms. The molecule has 4 heteroatoms. The van der Waals surface area contributed by atoms with Gasteiger partial charge in [-0.25, -0.2) is 4.98 Å². The zero-order valence-electron chi connectivity index (χ0n) is 11.7. The monoisotopic (exact) mass is 258 g/mol. The van der Waals surface area contributed by atoms with Crippen LogP contribution in [0, 0.1) is 0 Å². The molecule has 0 fully saturated rings. The number of para-hydroxylation sites is 1. The Hall–Kier alpha value is -1.84. The highest BCUT2D eigenvalue weighted by molar-refractivity contribution is 5.89. The number of nitrogens with one attached hydrogen (secondary N) is 2. The number of unbranched alkanes of at least 4 members (excludes halogenated alkanes) is 1. The molecule has 0 saturated heterocycles. The Morgan fingerprint density at radius 3 is 2.58 bits per heavy atom. The van der Waals surface area contributed by atoms with Gasteiger partial charge >= 0.3 is 0 Å². The van der Waals surface area contributed by atoms with E-state index in [1.807, 2.05) is 18.2 Å². The maximum absolute atomic E-state index is 4.58. The Balaban J connectivity index is 2.28. The predicted octanol–water partition coefficient (Wildman–Crippen LogP) is 3.66. The van der Waals surface area contributed by atoms with Gasteiger partial charge in [0.05, 0.1) is 5.52 Å². The second-order valence-electron chi connectivity index (χ2n) is 4.62. The van der Waals surface area contributed by atoms with E-state index in [1.54, 1.807) is 0 Å². The lowest BCUT2D eigenvalue weighted by Gasteiger charge is -2.11. The zero-order valence-corrected chi connectivity index (χ0v) is 11.7. The van der Waals surface area contributed by atoms with Gasteiger partial charge in [0.25, 0.3) is 0 Å². The number of hydrogen-bond donors (Lipinski definition) is 2. The maximum atomic E-state index is 4.58. The first-order valence-corrected chi connectivity index (χ1v) is 7.09. The number of fused-ring (bicyclic) bond motifs is 1. The van der Waals surface area contributed by atoms with E-state index in [0.717, 1.165) is 42.7 Å². The summed E-state index contributed by atoms with van der Waals surface area (Å²) >= 11 is 0. The van der Waals surface area contributed by atoms with Crippen molar-refractivity contribution in [3.63, 3.8) is 0 Å². The highest BCUT2D eigenvalue weighted by Gasteiger charge is 2.06. The smallest absolute Gasteiger partial charge is 0.225 e. The van der Waals surface area contributed by atoms with Gasteiger partial charge in [-0.3, -0.25) is 0 Å². The van der Waals surface area contributed by atoms with Gasteiger partial charge in [-0.1, -0.05) is 32.4 Å². The summed E-state index contributed by atoms with van der Waals surface area (Å²) in [6, 6.07) is 8.12. The molecule has 4 nitrogen and oxygen atoms in total. The van der Waals surface area contributed by atoms with Crippen LogP contribution in [-0.4, -0.2) is 23.1 Å². The average Bonchev–Trinajstić information content (AvgIpc) is 2.45. The molecular weight excluding hydrogens is 236 g/mol. The SMILES string of the molecule is CCCCNc1nc(NCCC)nc2ccccc12. The van der Waals surface area contributed by atoms with Crippen molar-refractivity contribution < 1.29 is 0 Å². The summed E-state index contributed by atoms with van der Waals surface area (Å²) in [4.78, 5) is 9.12. The third-order valence-electron chi connectivity index (χ3n) is 2.96. The van der Waals surface area contributed by atoms with Crippen LogP contribution in [0.15, 0.2) is 24.3 Å². The molecule has 102 valence electrons. The molecule has 1 heterocycles. The minimum atomic E-state index is 0.708. The van der Waals surface area contributed by atoms with Gasteiger partial charge in [-0.2, -0.15) is 4.98 Å². The minimum Gasteiger partial charge on any atom is -0.369 e. The fourth-order valence-electron chi connectivity index (χ4n) is 1.91. The van der Waals surface area contributed by atoms with Gasteiger partial charge in [0.1, 0.15) is 5.82 Å². The van der Waals surface area contributed by atoms with E-state index in [0.29, 0.717) is 5.95 Å². The number of anilines is 2. The lowest BCUT2D eigenvalue weighted by Crippen LogP contribution is -2.09. The summed E-state index contributed by atoms with van der Waals surface area (Å²) in [5.41, 5.74) is 0.982. The molecule has 1 aromatic heterocycles. The fourth-order valence-corrected chi connectivity index (χ4v) is 1.91. The van der Waals surface area contributed by atoms with Crippen LogP contribution in [0.25, 0.3) is 10.9 Å². The van der Waals surface area contributed by atoms with Crippen LogP contribution < -0.4 is 10.6 Å². The first-order chi connectivity index (χ1) is 9.35. The normalized spacial score (nSPS) is 10.6. The lowest BCUT2D eigenvalue weighted by molar-refractivity contribution is 0.831. The topological polar surface area (TPSA) is 49.8 Å². The summed E-state index contributed by atoms with van der Waals surface area (Å²) in [6.07, 6.45) is 3.39. The van der Waals surface area contributed by atoms with E-state index in [2.05, 4.69) is 40.5 Å². The maximum Gasteiger partial charge on any atom is 0.225 e. The molecular formula is C15H22N4. The van der Waals surface area contributed by atoms with Crippen LogP contribution in [0.4, 0.5) is 11.8 Å². The van der Waals surface area contributed by atoms with E-state index >= 15 is 0 Å². The average molecular weight is 258 g/mol. The van der Waals surface area contributed by atoms with Crippen molar-refractivity contribution in [2.45, 2.75) is 33.1 Å². The van der Waals surface area contributed by atoms with E-state index in [1.165, 1.54) is 6.42 Å². The summed E-state index contributed by atoms with van der Waals surface area (Å²) in [6.45, 7) is 6.17. The molecule has 0 aliphatic heterocycles. The first kappa shape index (κ1) is 13.6. The quantitative estimate of drug-likeness (QED) is 0.744. The Bertz CT molecular complexity index is 525. The fraction of sp³-hybridized carbons (Fsp3) is 0.467. The van der Waals surface area contributed by atoms with Crippen LogP contribution in [-0.2, 0) is 0 Å². The van der Waals surface area contributed by atoms with Crippen molar-refractivity contribution in [1.82, 2.24) is 9.97 Å². The van der Waals surface area contributed by atoms with Crippen molar-refractivity contribution in [3.05, 3.63) is 24.3 Å². The molecule has 0 radical (unpaired) electrons. The molecule has 2 rings (SSSR count). The van der Waals surface area contributed by atoms with E-state index in [9.17, 15) is 0 Å².